The van der Waals surface area contributed by atoms with E-state index < -0.39 is 8.07 Å². The van der Waals surface area contributed by atoms with Crippen LogP contribution in [0.3, 0.4) is 0 Å². The van der Waals surface area contributed by atoms with E-state index in [0.717, 1.165) is 23.0 Å². The van der Waals surface area contributed by atoms with Crippen LogP contribution in [0.4, 0.5) is 5.69 Å². The van der Waals surface area contributed by atoms with Crippen molar-refractivity contribution in [3.63, 3.8) is 0 Å². The highest BCUT2D eigenvalue weighted by molar-refractivity contribution is 6.91. The summed E-state index contributed by atoms with van der Waals surface area (Å²) in [4.78, 5) is 17.7. The van der Waals surface area contributed by atoms with E-state index in [4.69, 9.17) is 10.7 Å². The van der Waals surface area contributed by atoms with Gasteiger partial charge in [-0.25, -0.2) is 0 Å². The van der Waals surface area contributed by atoms with Crippen LogP contribution in [0.1, 0.15) is 22.5 Å². The minimum atomic E-state index is -1.78. The van der Waals surface area contributed by atoms with Gasteiger partial charge in [-0.3, -0.25) is 9.78 Å². The van der Waals surface area contributed by atoms with Gasteiger partial charge in [-0.2, -0.15) is 0 Å². The van der Waals surface area contributed by atoms with Gasteiger partial charge in [0.25, 0.3) is 0 Å². The highest BCUT2D eigenvalue weighted by atomic mass is 28.3. The third-order valence-corrected chi connectivity index (χ3v) is 9.97. The van der Waals surface area contributed by atoms with Crippen molar-refractivity contribution in [1.82, 2.24) is 4.98 Å². The standard InChI is InChI=1S/C21H22N2OSi/c1-25(2,14-8-4-3-5-9-14)15-12-18-20(19(24)13-15)21(22)16-10-6-7-11-17(16)23-18/h3-11,15H,12-13H2,1-2H3,(H2,22,23). The second-order valence-electron chi connectivity index (χ2n) is 7.48. The number of aromatic nitrogens is 1. The summed E-state index contributed by atoms with van der Waals surface area (Å²) in [5.41, 5.74) is 9.72. The number of rotatable bonds is 2. The molecule has 126 valence electrons. The van der Waals surface area contributed by atoms with Crippen LogP contribution >= 0.6 is 0 Å². The van der Waals surface area contributed by atoms with Crippen molar-refractivity contribution in [2.24, 2.45) is 0 Å². The molecule has 1 aliphatic rings. The molecule has 1 aliphatic carbocycles. The van der Waals surface area contributed by atoms with Gasteiger partial charge in [0.05, 0.1) is 30.5 Å². The Morgan fingerprint density at radius 1 is 1.00 bits per heavy atom. The number of benzene rings is 2. The number of para-hydroxylation sites is 1. The first-order chi connectivity index (χ1) is 12.0. The lowest BCUT2D eigenvalue weighted by atomic mass is 9.91. The topological polar surface area (TPSA) is 56.0 Å². The zero-order valence-electron chi connectivity index (χ0n) is 14.6. The molecular weight excluding hydrogens is 324 g/mol. The number of pyridine rings is 1. The van der Waals surface area contributed by atoms with Crippen LogP contribution in [0.25, 0.3) is 10.9 Å². The van der Waals surface area contributed by atoms with Gasteiger partial charge >= 0.3 is 0 Å². The monoisotopic (exact) mass is 346 g/mol. The van der Waals surface area contributed by atoms with Crippen LogP contribution in [0.15, 0.2) is 54.6 Å². The van der Waals surface area contributed by atoms with Crippen LogP contribution in [0.2, 0.25) is 18.6 Å². The summed E-state index contributed by atoms with van der Waals surface area (Å²) < 4.78 is 0. The van der Waals surface area contributed by atoms with Crippen LogP contribution in [0.5, 0.6) is 0 Å². The Morgan fingerprint density at radius 3 is 2.44 bits per heavy atom. The molecule has 2 aromatic carbocycles. The molecule has 0 amide bonds. The zero-order chi connectivity index (χ0) is 17.6. The molecule has 1 heterocycles. The number of ketones is 1. The normalized spacial score (nSPS) is 17.5. The van der Waals surface area contributed by atoms with E-state index >= 15 is 0 Å². The molecule has 0 saturated carbocycles. The first kappa shape index (κ1) is 16.0. The van der Waals surface area contributed by atoms with Crippen molar-refractivity contribution >= 4 is 35.6 Å². The van der Waals surface area contributed by atoms with E-state index in [9.17, 15) is 4.79 Å². The highest BCUT2D eigenvalue weighted by Crippen LogP contribution is 2.39. The number of carbonyl (C=O) groups excluding carboxylic acids is 1. The number of hydrogen-bond donors (Lipinski definition) is 1. The lowest BCUT2D eigenvalue weighted by Crippen LogP contribution is -2.48. The number of anilines is 1. The summed E-state index contributed by atoms with van der Waals surface area (Å²) in [6, 6.07) is 18.4. The minimum Gasteiger partial charge on any atom is -0.398 e. The predicted octanol–water partition coefficient (Wildman–Crippen LogP) is 3.93. The molecule has 0 saturated heterocycles. The highest BCUT2D eigenvalue weighted by Gasteiger charge is 2.40. The van der Waals surface area contributed by atoms with Crippen molar-refractivity contribution < 1.29 is 4.79 Å². The van der Waals surface area contributed by atoms with Gasteiger partial charge in [0.1, 0.15) is 0 Å². The number of fused-ring (bicyclic) bond motifs is 2. The number of nitrogens with two attached hydrogens (primary N) is 1. The molecule has 0 spiro atoms. The molecule has 3 aromatic rings. The lowest BCUT2D eigenvalue weighted by Gasteiger charge is -2.36. The van der Waals surface area contributed by atoms with Gasteiger partial charge in [0.2, 0.25) is 0 Å². The Kier molecular flexibility index (Phi) is 3.73. The molecule has 25 heavy (non-hydrogen) atoms. The molecule has 2 N–H and O–H groups in total. The van der Waals surface area contributed by atoms with Gasteiger partial charge < -0.3 is 5.73 Å². The Bertz CT molecular complexity index is 966. The van der Waals surface area contributed by atoms with Gasteiger partial charge in [-0.05, 0) is 18.0 Å². The van der Waals surface area contributed by atoms with Crippen LogP contribution in [0, 0.1) is 0 Å². The third-order valence-electron chi connectivity index (χ3n) is 5.70. The summed E-state index contributed by atoms with van der Waals surface area (Å²) in [7, 11) is -1.78. The SMILES string of the molecule is C[Si](C)(c1ccccc1)C1CC(=O)c2c(nc3ccccc3c2N)C1. The fourth-order valence-electron chi connectivity index (χ4n) is 3.99. The van der Waals surface area contributed by atoms with Crippen molar-refractivity contribution in [3.05, 3.63) is 65.9 Å². The van der Waals surface area contributed by atoms with E-state index in [1.807, 2.05) is 30.3 Å². The molecule has 1 atom stereocenters. The van der Waals surface area contributed by atoms with Crippen molar-refractivity contribution in [1.29, 1.82) is 0 Å². The minimum absolute atomic E-state index is 0.151. The lowest BCUT2D eigenvalue weighted by molar-refractivity contribution is 0.0972. The van der Waals surface area contributed by atoms with Crippen molar-refractivity contribution in [2.45, 2.75) is 31.5 Å². The number of nitrogens with zero attached hydrogens (tertiary/aromatic N) is 1. The molecule has 0 bridgehead atoms. The number of Topliss-reactive ketones (excluding diaryl/α,β-unsaturated/α-hetero) is 1. The molecule has 0 fully saturated rings. The molecule has 1 unspecified atom stereocenters. The third kappa shape index (κ3) is 2.57. The van der Waals surface area contributed by atoms with Crippen LogP contribution in [-0.4, -0.2) is 18.8 Å². The molecule has 0 aliphatic heterocycles. The fourth-order valence-corrected chi connectivity index (χ4v) is 6.92. The maximum absolute atomic E-state index is 12.9. The van der Waals surface area contributed by atoms with Gasteiger partial charge in [0, 0.05) is 11.8 Å². The van der Waals surface area contributed by atoms with E-state index in [1.165, 1.54) is 5.19 Å². The Balaban J connectivity index is 1.80. The van der Waals surface area contributed by atoms with Crippen LogP contribution in [-0.2, 0) is 6.42 Å². The molecule has 4 rings (SSSR count). The van der Waals surface area contributed by atoms with Gasteiger partial charge in [0.15, 0.2) is 5.78 Å². The first-order valence-corrected chi connectivity index (χ1v) is 11.8. The van der Waals surface area contributed by atoms with Gasteiger partial charge in [-0.1, -0.05) is 66.8 Å². The van der Waals surface area contributed by atoms with Crippen molar-refractivity contribution in [3.8, 4) is 0 Å². The summed E-state index contributed by atoms with van der Waals surface area (Å²) in [5, 5.41) is 2.28. The second kappa shape index (κ2) is 5.81. The number of nitrogen functional groups attached to an aromatic ring is 1. The van der Waals surface area contributed by atoms with E-state index in [0.29, 0.717) is 23.2 Å². The average Bonchev–Trinajstić information content (AvgIpc) is 2.62. The number of carbonyl (C=O) groups is 1. The quantitative estimate of drug-likeness (QED) is 0.715. The van der Waals surface area contributed by atoms with Gasteiger partial charge in [-0.15, -0.1) is 0 Å². The summed E-state index contributed by atoms with van der Waals surface area (Å²) >= 11 is 0. The predicted molar refractivity (Wildman–Crippen MR) is 106 cm³/mol. The molecule has 3 nitrogen and oxygen atoms in total. The first-order valence-electron chi connectivity index (χ1n) is 8.74. The average molecular weight is 347 g/mol. The Labute approximate surface area is 148 Å². The summed E-state index contributed by atoms with van der Waals surface area (Å²) in [6.07, 6.45) is 1.41. The maximum Gasteiger partial charge on any atom is 0.166 e. The molecular formula is C21H22N2OSi. The second-order valence-corrected chi connectivity index (χ2v) is 12.3. The van der Waals surface area contributed by atoms with Crippen LogP contribution < -0.4 is 10.9 Å². The smallest absolute Gasteiger partial charge is 0.166 e. The van der Waals surface area contributed by atoms with Crippen molar-refractivity contribution in [2.75, 3.05) is 5.73 Å². The summed E-state index contributed by atoms with van der Waals surface area (Å²) in [6.45, 7) is 4.71. The van der Waals surface area contributed by atoms with E-state index in [-0.39, 0.29) is 5.78 Å². The Morgan fingerprint density at radius 2 is 1.68 bits per heavy atom. The number of hydrogen-bond acceptors (Lipinski definition) is 3. The summed E-state index contributed by atoms with van der Waals surface area (Å²) in [5.74, 6) is 0.151. The van der Waals surface area contributed by atoms with E-state index in [2.05, 4.69) is 37.4 Å². The molecule has 0 radical (unpaired) electrons. The maximum atomic E-state index is 12.9. The zero-order valence-corrected chi connectivity index (χ0v) is 15.6. The largest absolute Gasteiger partial charge is 0.398 e. The fraction of sp³-hybridized carbons (Fsp3) is 0.238. The van der Waals surface area contributed by atoms with E-state index in [1.54, 1.807) is 0 Å². The molecule has 1 aromatic heterocycles. The molecule has 4 heteroatoms. The Hall–Kier alpha value is -2.46.